The number of nitrogens with zero attached hydrogens (tertiary/aromatic N) is 3. The zero-order chi connectivity index (χ0) is 27.5. The predicted octanol–water partition coefficient (Wildman–Crippen LogP) is 6.64. The second kappa shape index (κ2) is 10.7. The van der Waals surface area contributed by atoms with Crippen LogP contribution in [0.2, 0.25) is 0 Å². The highest BCUT2D eigenvalue weighted by Gasteiger charge is 2.18. The molecule has 2 amide bonds. The molecule has 0 bridgehead atoms. The Balaban J connectivity index is 1.35. The van der Waals surface area contributed by atoms with E-state index in [4.69, 9.17) is 4.74 Å². The largest absolute Gasteiger partial charge is 0.444 e. The van der Waals surface area contributed by atoms with Gasteiger partial charge in [0, 0.05) is 35.7 Å². The van der Waals surface area contributed by atoms with Gasteiger partial charge in [0.1, 0.15) is 12.9 Å². The second-order valence-corrected chi connectivity index (χ2v) is 8.97. The number of aryl methyl sites for hydroxylation is 1. The third-order valence-corrected chi connectivity index (χ3v) is 6.29. The maximum absolute atomic E-state index is 13.7. The average Bonchev–Trinajstić information content (AvgIpc) is 3.38. The Kier molecular flexibility index (Phi) is 7.05. The first kappa shape index (κ1) is 25.6. The molecule has 0 aliphatic rings. The number of carbonyl (C=O) groups excluding carboxylic acids is 2. The number of nitrogens with one attached hydrogen (secondary N) is 1. The van der Waals surface area contributed by atoms with Crippen molar-refractivity contribution in [1.82, 2.24) is 9.55 Å². The van der Waals surface area contributed by atoms with E-state index in [1.54, 1.807) is 30.6 Å². The van der Waals surface area contributed by atoms with Gasteiger partial charge in [-0.15, -0.1) is 0 Å². The van der Waals surface area contributed by atoms with E-state index in [0.29, 0.717) is 22.3 Å². The molecule has 4 aromatic carbocycles. The van der Waals surface area contributed by atoms with Gasteiger partial charge in [-0.1, -0.05) is 30.3 Å². The maximum atomic E-state index is 13.7. The molecular formula is C30H24F2N4O3. The van der Waals surface area contributed by atoms with Crippen LogP contribution in [0, 0.1) is 18.6 Å². The van der Waals surface area contributed by atoms with E-state index in [2.05, 4.69) is 10.3 Å². The molecule has 5 aromatic rings. The Hall–Kier alpha value is -5.05. The third-order valence-electron chi connectivity index (χ3n) is 6.29. The lowest BCUT2D eigenvalue weighted by Gasteiger charge is -2.18. The van der Waals surface area contributed by atoms with Gasteiger partial charge in [0.15, 0.2) is 11.6 Å². The van der Waals surface area contributed by atoms with E-state index in [1.165, 1.54) is 18.0 Å². The number of ether oxygens (including phenoxy) is 1. The summed E-state index contributed by atoms with van der Waals surface area (Å²) in [5.41, 5.74) is 5.00. The Morgan fingerprint density at radius 1 is 0.949 bits per heavy atom. The van der Waals surface area contributed by atoms with Gasteiger partial charge in [-0.05, 0) is 66.6 Å². The number of carbonyl (C=O) groups is 2. The number of amides is 2. The molecule has 196 valence electrons. The Morgan fingerprint density at radius 3 is 2.41 bits per heavy atom. The number of hydrogen-bond acceptors (Lipinski definition) is 4. The number of halogens is 2. The van der Waals surface area contributed by atoms with Gasteiger partial charge in [0.25, 0.3) is 5.91 Å². The molecule has 7 nitrogen and oxygen atoms in total. The van der Waals surface area contributed by atoms with Crippen LogP contribution >= 0.6 is 0 Å². The standard InChI is InChI=1S/C30H24F2N4O3/c1-19-14-21(29(37)35(2)24-12-13-25(31)26(32)16-24)15-27-28(19)33-18-36(27)23-10-8-22(9-11-23)34-30(38)39-17-20-6-4-3-5-7-20/h3-16,18H,17H2,1-2H3,(H,34,38). The number of benzene rings is 4. The van der Waals surface area contributed by atoms with Gasteiger partial charge in [-0.3, -0.25) is 14.7 Å². The van der Waals surface area contributed by atoms with Crippen molar-refractivity contribution in [3.63, 3.8) is 0 Å². The van der Waals surface area contributed by atoms with Crippen molar-refractivity contribution in [3.8, 4) is 5.69 Å². The van der Waals surface area contributed by atoms with Crippen molar-refractivity contribution in [1.29, 1.82) is 0 Å². The Morgan fingerprint density at radius 2 is 1.69 bits per heavy atom. The number of fused-ring (bicyclic) bond motifs is 1. The van der Waals surface area contributed by atoms with Crippen LogP contribution in [-0.2, 0) is 11.3 Å². The first-order chi connectivity index (χ1) is 18.8. The minimum absolute atomic E-state index is 0.164. The molecule has 1 aromatic heterocycles. The summed E-state index contributed by atoms with van der Waals surface area (Å²) in [6.45, 7) is 2.01. The number of hydrogen-bond donors (Lipinski definition) is 1. The summed E-state index contributed by atoms with van der Waals surface area (Å²) in [7, 11) is 1.50. The van der Waals surface area contributed by atoms with Crippen molar-refractivity contribution in [2.45, 2.75) is 13.5 Å². The van der Waals surface area contributed by atoms with Crippen molar-refractivity contribution < 1.29 is 23.1 Å². The van der Waals surface area contributed by atoms with Gasteiger partial charge in [0.2, 0.25) is 0 Å². The molecule has 9 heteroatoms. The summed E-state index contributed by atoms with van der Waals surface area (Å²) in [5.74, 6) is -2.39. The molecule has 5 rings (SSSR count). The first-order valence-electron chi connectivity index (χ1n) is 12.1. The number of aromatic nitrogens is 2. The van der Waals surface area contributed by atoms with Crippen molar-refractivity contribution >= 4 is 34.4 Å². The molecule has 39 heavy (non-hydrogen) atoms. The van der Waals surface area contributed by atoms with Crippen LogP contribution in [0.4, 0.5) is 25.0 Å². The van der Waals surface area contributed by atoms with Gasteiger partial charge in [0.05, 0.1) is 11.0 Å². The van der Waals surface area contributed by atoms with E-state index in [0.717, 1.165) is 28.9 Å². The molecule has 1 N–H and O–H groups in total. The van der Waals surface area contributed by atoms with Crippen LogP contribution < -0.4 is 10.2 Å². The van der Waals surface area contributed by atoms with Gasteiger partial charge < -0.3 is 9.64 Å². The number of rotatable bonds is 6. The fourth-order valence-electron chi connectivity index (χ4n) is 4.21. The highest BCUT2D eigenvalue weighted by molar-refractivity contribution is 6.07. The molecule has 0 spiro atoms. The lowest BCUT2D eigenvalue weighted by Crippen LogP contribution is -2.26. The summed E-state index contributed by atoms with van der Waals surface area (Å²) in [6.07, 6.45) is 1.09. The monoisotopic (exact) mass is 526 g/mol. The molecule has 0 unspecified atom stereocenters. The lowest BCUT2D eigenvalue weighted by atomic mass is 10.1. The summed E-state index contributed by atoms with van der Waals surface area (Å²) in [4.78, 5) is 31.2. The topological polar surface area (TPSA) is 76.5 Å². The van der Waals surface area contributed by atoms with Crippen LogP contribution in [-0.4, -0.2) is 28.6 Å². The second-order valence-electron chi connectivity index (χ2n) is 8.97. The van der Waals surface area contributed by atoms with Crippen molar-refractivity contribution in [2.75, 3.05) is 17.3 Å². The molecule has 0 aliphatic heterocycles. The zero-order valence-corrected chi connectivity index (χ0v) is 21.2. The molecule has 0 radical (unpaired) electrons. The van der Waals surface area contributed by atoms with Gasteiger partial charge in [-0.2, -0.15) is 0 Å². The molecule has 0 fully saturated rings. The lowest BCUT2D eigenvalue weighted by molar-refractivity contribution is 0.0993. The van der Waals surface area contributed by atoms with E-state index < -0.39 is 17.7 Å². The van der Waals surface area contributed by atoms with Crippen molar-refractivity contribution in [3.05, 3.63) is 120 Å². The summed E-state index contributed by atoms with van der Waals surface area (Å²) in [6, 6.07) is 23.2. The quantitative estimate of drug-likeness (QED) is 0.269. The molecule has 0 saturated heterocycles. The van der Waals surface area contributed by atoms with E-state index >= 15 is 0 Å². The van der Waals surface area contributed by atoms with Crippen LogP contribution in [0.3, 0.4) is 0 Å². The smallest absolute Gasteiger partial charge is 0.411 e. The molecule has 0 atom stereocenters. The van der Waals surface area contributed by atoms with E-state index in [-0.39, 0.29) is 18.2 Å². The molecule has 1 heterocycles. The van der Waals surface area contributed by atoms with Crippen LogP contribution in [0.15, 0.2) is 91.3 Å². The fraction of sp³-hybridized carbons (Fsp3) is 0.100. The predicted molar refractivity (Wildman–Crippen MR) is 145 cm³/mol. The molecular weight excluding hydrogens is 502 g/mol. The number of imidazole rings is 1. The van der Waals surface area contributed by atoms with Crippen LogP contribution in [0.1, 0.15) is 21.5 Å². The Bertz CT molecular complexity index is 1670. The zero-order valence-electron chi connectivity index (χ0n) is 21.2. The minimum atomic E-state index is -1.03. The van der Waals surface area contributed by atoms with E-state index in [9.17, 15) is 18.4 Å². The highest BCUT2D eigenvalue weighted by Crippen LogP contribution is 2.26. The fourth-order valence-corrected chi connectivity index (χ4v) is 4.21. The number of anilines is 2. The molecule has 0 saturated carbocycles. The maximum Gasteiger partial charge on any atom is 0.411 e. The van der Waals surface area contributed by atoms with Gasteiger partial charge >= 0.3 is 6.09 Å². The SMILES string of the molecule is Cc1cc(C(=O)N(C)c2ccc(F)c(F)c2)cc2c1ncn2-c1ccc(NC(=O)OCc2ccccc2)cc1. The minimum Gasteiger partial charge on any atom is -0.444 e. The summed E-state index contributed by atoms with van der Waals surface area (Å²) in [5, 5.41) is 2.70. The third kappa shape index (κ3) is 5.47. The Labute approximate surface area is 223 Å². The van der Waals surface area contributed by atoms with Gasteiger partial charge in [-0.25, -0.2) is 18.6 Å². The average molecular weight is 527 g/mol. The van der Waals surface area contributed by atoms with Crippen molar-refractivity contribution in [2.24, 2.45) is 0 Å². The molecule has 0 aliphatic carbocycles. The normalized spacial score (nSPS) is 10.9. The summed E-state index contributed by atoms with van der Waals surface area (Å²) < 4.78 is 34.2. The van der Waals surface area contributed by atoms with Crippen LogP contribution in [0.25, 0.3) is 16.7 Å². The first-order valence-corrected chi connectivity index (χ1v) is 12.1. The van der Waals surface area contributed by atoms with E-state index in [1.807, 2.05) is 54.0 Å². The van der Waals surface area contributed by atoms with Crippen LogP contribution in [0.5, 0.6) is 0 Å². The highest BCUT2D eigenvalue weighted by atomic mass is 19.2. The summed E-state index contributed by atoms with van der Waals surface area (Å²) >= 11 is 0.